The molecule has 2 aromatic rings. The zero-order valence-corrected chi connectivity index (χ0v) is 19.2. The van der Waals surface area contributed by atoms with Crippen LogP contribution in [0.25, 0.3) is 0 Å². The van der Waals surface area contributed by atoms with Crippen molar-refractivity contribution in [1.29, 1.82) is 0 Å². The molecule has 0 bridgehead atoms. The second-order valence-corrected chi connectivity index (χ2v) is 7.25. The zero-order chi connectivity index (χ0) is 19.6. The largest absolute Gasteiger partial charge is 0.369 e. The molecule has 0 aliphatic carbocycles. The number of nitrogens with zero attached hydrogens (tertiary/aromatic N) is 2. The van der Waals surface area contributed by atoms with Crippen LogP contribution >= 0.6 is 35.3 Å². The van der Waals surface area contributed by atoms with E-state index >= 15 is 0 Å². The smallest absolute Gasteiger partial charge is 0.222 e. The van der Waals surface area contributed by atoms with Crippen LogP contribution in [-0.2, 0) is 17.6 Å². The number of guanidine groups is 1. The van der Waals surface area contributed by atoms with Gasteiger partial charge in [-0.3, -0.25) is 9.79 Å². The minimum absolute atomic E-state index is 0. The van der Waals surface area contributed by atoms with Gasteiger partial charge in [-0.15, -0.1) is 35.3 Å². The number of carbonyl (C=O) groups is 1. The molecule has 6 nitrogen and oxygen atoms in total. The molecule has 0 aliphatic heterocycles. The van der Waals surface area contributed by atoms with Crippen LogP contribution in [-0.4, -0.2) is 36.5 Å². The van der Waals surface area contributed by atoms with Gasteiger partial charge in [0, 0.05) is 24.9 Å². The fourth-order valence-electron chi connectivity index (χ4n) is 2.54. The summed E-state index contributed by atoms with van der Waals surface area (Å²) in [5.41, 5.74) is 7.43. The quantitative estimate of drug-likeness (QED) is 0.270. The molecule has 9 heteroatoms. The van der Waals surface area contributed by atoms with Gasteiger partial charge in [-0.05, 0) is 38.0 Å². The first-order valence-corrected chi connectivity index (χ1v) is 9.82. The van der Waals surface area contributed by atoms with Crippen LogP contribution in [0.15, 0.2) is 34.6 Å². The molecule has 1 unspecified atom stereocenters. The van der Waals surface area contributed by atoms with E-state index in [-0.39, 0.29) is 36.3 Å². The second kappa shape index (κ2) is 12.7. The summed E-state index contributed by atoms with van der Waals surface area (Å²) in [6.45, 7) is 5.62. The first-order valence-electron chi connectivity index (χ1n) is 8.95. The van der Waals surface area contributed by atoms with E-state index in [2.05, 4.69) is 20.6 Å². The summed E-state index contributed by atoms with van der Waals surface area (Å²) in [7, 11) is 0. The molecule has 154 valence electrons. The van der Waals surface area contributed by atoms with Gasteiger partial charge in [-0.1, -0.05) is 12.1 Å². The standard InChI is InChI=1S/C19H26FN5OS.HI/c1-3-22-19(23-9-8-17-12-27-13(2)25-17)24-11-15(18(21)26)10-14-4-6-16(20)7-5-14;/h4-7,12,15H,3,8-11H2,1-2H3,(H2,21,26)(H2,22,23,24);1H. The first kappa shape index (κ1) is 24.3. The fourth-order valence-corrected chi connectivity index (χ4v) is 3.18. The van der Waals surface area contributed by atoms with E-state index in [9.17, 15) is 9.18 Å². The lowest BCUT2D eigenvalue weighted by atomic mass is 9.99. The van der Waals surface area contributed by atoms with E-state index in [0.29, 0.717) is 25.5 Å². The Balaban J connectivity index is 0.00000392. The Bertz CT molecular complexity index is 766. The molecule has 0 radical (unpaired) electrons. The van der Waals surface area contributed by atoms with Gasteiger partial charge in [-0.2, -0.15) is 0 Å². The number of hydrogen-bond donors (Lipinski definition) is 3. The number of aliphatic imine (C=N–C) groups is 1. The Morgan fingerprint density at radius 3 is 2.61 bits per heavy atom. The fraction of sp³-hybridized carbons (Fsp3) is 0.421. The molecule has 0 spiro atoms. The molecular formula is C19H27FIN5OS. The molecule has 1 amide bonds. The lowest BCUT2D eigenvalue weighted by Gasteiger charge is -2.14. The SMILES string of the molecule is CCNC(=NCC(Cc1ccc(F)cc1)C(N)=O)NCCc1csc(C)n1.I. The van der Waals surface area contributed by atoms with Crippen molar-refractivity contribution in [1.82, 2.24) is 15.6 Å². The maximum absolute atomic E-state index is 13.0. The summed E-state index contributed by atoms with van der Waals surface area (Å²) in [4.78, 5) is 20.7. The number of nitrogens with two attached hydrogens (primary N) is 1. The Morgan fingerprint density at radius 2 is 2.04 bits per heavy atom. The number of amides is 1. The van der Waals surface area contributed by atoms with E-state index in [1.54, 1.807) is 23.5 Å². The average molecular weight is 519 g/mol. The summed E-state index contributed by atoms with van der Waals surface area (Å²) in [5.74, 6) is -0.542. The summed E-state index contributed by atoms with van der Waals surface area (Å²) >= 11 is 1.63. The molecule has 28 heavy (non-hydrogen) atoms. The van der Waals surface area contributed by atoms with Crippen molar-refractivity contribution in [3.63, 3.8) is 0 Å². The highest BCUT2D eigenvalue weighted by Gasteiger charge is 2.16. The number of primary amides is 1. The second-order valence-electron chi connectivity index (χ2n) is 6.18. The third-order valence-corrected chi connectivity index (χ3v) is 4.77. The van der Waals surface area contributed by atoms with Crippen molar-refractivity contribution in [3.8, 4) is 0 Å². The number of rotatable bonds is 9. The summed E-state index contributed by atoms with van der Waals surface area (Å²) in [6.07, 6.45) is 1.22. The van der Waals surface area contributed by atoms with Crippen molar-refractivity contribution in [3.05, 3.63) is 51.7 Å². The monoisotopic (exact) mass is 519 g/mol. The third-order valence-electron chi connectivity index (χ3n) is 3.95. The Morgan fingerprint density at radius 1 is 1.32 bits per heavy atom. The molecule has 1 heterocycles. The molecule has 0 fully saturated rings. The molecule has 0 aliphatic rings. The molecule has 0 saturated heterocycles. The van der Waals surface area contributed by atoms with Crippen LogP contribution in [0.2, 0.25) is 0 Å². The number of benzene rings is 1. The van der Waals surface area contributed by atoms with Crippen molar-refractivity contribution in [2.45, 2.75) is 26.7 Å². The van der Waals surface area contributed by atoms with Gasteiger partial charge >= 0.3 is 0 Å². The van der Waals surface area contributed by atoms with Gasteiger partial charge in [-0.25, -0.2) is 9.37 Å². The van der Waals surface area contributed by atoms with Gasteiger partial charge in [0.2, 0.25) is 5.91 Å². The van der Waals surface area contributed by atoms with Crippen molar-refractivity contribution < 1.29 is 9.18 Å². The highest BCUT2D eigenvalue weighted by Crippen LogP contribution is 2.11. The van der Waals surface area contributed by atoms with Crippen LogP contribution in [0.4, 0.5) is 4.39 Å². The van der Waals surface area contributed by atoms with Gasteiger partial charge in [0.25, 0.3) is 0 Å². The van der Waals surface area contributed by atoms with Crippen molar-refractivity contribution >= 4 is 47.2 Å². The minimum Gasteiger partial charge on any atom is -0.369 e. The van der Waals surface area contributed by atoms with Crippen LogP contribution in [0.1, 0.15) is 23.2 Å². The molecule has 0 saturated carbocycles. The summed E-state index contributed by atoms with van der Waals surface area (Å²) < 4.78 is 13.0. The lowest BCUT2D eigenvalue weighted by Crippen LogP contribution is -2.39. The highest BCUT2D eigenvalue weighted by molar-refractivity contribution is 14.0. The normalized spacial score (nSPS) is 12.2. The third kappa shape index (κ3) is 8.51. The van der Waals surface area contributed by atoms with Crippen LogP contribution in [0, 0.1) is 18.7 Å². The van der Waals surface area contributed by atoms with E-state index in [1.165, 1.54) is 12.1 Å². The van der Waals surface area contributed by atoms with E-state index < -0.39 is 11.8 Å². The molecule has 4 N–H and O–H groups in total. The molecule has 1 aromatic heterocycles. The predicted molar refractivity (Wildman–Crippen MR) is 123 cm³/mol. The Hall–Kier alpha value is -1.75. The van der Waals surface area contributed by atoms with Gasteiger partial charge in [0.1, 0.15) is 5.82 Å². The first-order chi connectivity index (χ1) is 13.0. The molecule has 1 atom stereocenters. The number of thiazole rings is 1. The van der Waals surface area contributed by atoms with Crippen LogP contribution in [0.5, 0.6) is 0 Å². The Labute approximate surface area is 186 Å². The predicted octanol–water partition coefficient (Wildman–Crippen LogP) is 2.65. The number of nitrogens with one attached hydrogen (secondary N) is 2. The summed E-state index contributed by atoms with van der Waals surface area (Å²) in [5, 5.41) is 9.50. The zero-order valence-electron chi connectivity index (χ0n) is 16.1. The molecular weight excluding hydrogens is 492 g/mol. The number of aromatic nitrogens is 1. The molecule has 1 aromatic carbocycles. The highest BCUT2D eigenvalue weighted by atomic mass is 127. The average Bonchev–Trinajstić information content (AvgIpc) is 3.05. The number of halogens is 2. The van der Waals surface area contributed by atoms with E-state index in [0.717, 1.165) is 22.7 Å². The van der Waals surface area contributed by atoms with Gasteiger partial charge < -0.3 is 16.4 Å². The lowest BCUT2D eigenvalue weighted by molar-refractivity contribution is -0.121. The number of carbonyl (C=O) groups excluding carboxylic acids is 1. The van der Waals surface area contributed by atoms with E-state index in [4.69, 9.17) is 5.73 Å². The van der Waals surface area contributed by atoms with E-state index in [1.807, 2.05) is 19.2 Å². The summed E-state index contributed by atoms with van der Waals surface area (Å²) in [6, 6.07) is 6.08. The van der Waals surface area contributed by atoms with Crippen molar-refractivity contribution in [2.24, 2.45) is 16.6 Å². The molecule has 2 rings (SSSR count). The van der Waals surface area contributed by atoms with Crippen LogP contribution < -0.4 is 16.4 Å². The van der Waals surface area contributed by atoms with Crippen LogP contribution in [0.3, 0.4) is 0 Å². The maximum atomic E-state index is 13.0. The Kier molecular flexibility index (Phi) is 11.0. The van der Waals surface area contributed by atoms with Gasteiger partial charge in [0.15, 0.2) is 5.96 Å². The van der Waals surface area contributed by atoms with Gasteiger partial charge in [0.05, 0.1) is 23.2 Å². The van der Waals surface area contributed by atoms with Crippen molar-refractivity contribution in [2.75, 3.05) is 19.6 Å². The number of hydrogen-bond acceptors (Lipinski definition) is 4. The minimum atomic E-state index is -0.452. The topological polar surface area (TPSA) is 92.4 Å². The maximum Gasteiger partial charge on any atom is 0.222 e. The number of aryl methyl sites for hydroxylation is 1.